The average molecular weight is 704 g/mol. The maximum absolute atomic E-state index is 4.71. The molecule has 3 heterocycles. The van der Waals surface area contributed by atoms with Gasteiger partial charge in [-0.05, 0) is 65.7 Å². The number of nitrogens with zero attached hydrogens (tertiary/aromatic N) is 5. The number of aromatic nitrogens is 5. The molecule has 0 saturated carbocycles. The molecule has 0 spiro atoms. The molecule has 0 aliphatic rings. The van der Waals surface area contributed by atoms with Gasteiger partial charge in [-0.2, -0.15) is 0 Å². The predicted octanol–water partition coefficient (Wildman–Crippen LogP) is 12.5. The molecule has 11 aromatic rings. The van der Waals surface area contributed by atoms with Crippen LogP contribution < -0.4 is 0 Å². The molecular formula is C50H33N5. The molecule has 0 N–H and O–H groups in total. The molecule has 0 unspecified atom stereocenters. The van der Waals surface area contributed by atoms with Gasteiger partial charge in [-0.15, -0.1) is 10.2 Å². The zero-order chi connectivity index (χ0) is 36.3. The number of hydrogen-bond acceptors (Lipinski definition) is 2. The van der Waals surface area contributed by atoms with Crippen LogP contribution in [0.3, 0.4) is 0 Å². The molecule has 0 atom stereocenters. The van der Waals surface area contributed by atoms with Gasteiger partial charge >= 0.3 is 0 Å². The van der Waals surface area contributed by atoms with Crippen molar-refractivity contribution in [1.29, 1.82) is 0 Å². The van der Waals surface area contributed by atoms with E-state index < -0.39 is 0 Å². The normalized spacial score (nSPS) is 11.6. The zero-order valence-corrected chi connectivity index (χ0v) is 29.8. The highest BCUT2D eigenvalue weighted by molar-refractivity contribution is 6.10. The van der Waals surface area contributed by atoms with Crippen LogP contribution in [0.5, 0.6) is 0 Å². The lowest BCUT2D eigenvalue weighted by atomic mass is 10.0. The second-order valence-electron chi connectivity index (χ2n) is 13.9. The van der Waals surface area contributed by atoms with Crippen molar-refractivity contribution < 1.29 is 0 Å². The molecular weight excluding hydrogens is 671 g/mol. The Kier molecular flexibility index (Phi) is 7.10. The largest absolute Gasteiger partial charge is 0.309 e. The van der Waals surface area contributed by atoms with Gasteiger partial charge in [0.2, 0.25) is 0 Å². The van der Waals surface area contributed by atoms with Crippen molar-refractivity contribution in [3.05, 3.63) is 200 Å². The minimum absolute atomic E-state index is 0.800. The Labute approximate surface area is 317 Å². The number of hydrogen-bond donors (Lipinski definition) is 0. The summed E-state index contributed by atoms with van der Waals surface area (Å²) in [5.74, 6) is 1.60. The first-order valence-electron chi connectivity index (χ1n) is 18.6. The highest BCUT2D eigenvalue weighted by Gasteiger charge is 2.19. The van der Waals surface area contributed by atoms with E-state index in [1.807, 2.05) is 36.4 Å². The van der Waals surface area contributed by atoms with E-state index in [4.69, 9.17) is 10.2 Å². The third-order valence-corrected chi connectivity index (χ3v) is 10.8. The fourth-order valence-electron chi connectivity index (χ4n) is 8.30. The van der Waals surface area contributed by atoms with E-state index in [0.717, 1.165) is 51.0 Å². The van der Waals surface area contributed by atoms with Crippen molar-refractivity contribution in [1.82, 2.24) is 23.9 Å². The summed E-state index contributed by atoms with van der Waals surface area (Å²) in [7, 11) is 0. The molecule has 5 heteroatoms. The van der Waals surface area contributed by atoms with E-state index in [0.29, 0.717) is 0 Å². The van der Waals surface area contributed by atoms with Crippen LogP contribution in [0.4, 0.5) is 0 Å². The molecule has 0 radical (unpaired) electrons. The molecule has 0 fully saturated rings. The molecule has 5 nitrogen and oxygen atoms in total. The summed E-state index contributed by atoms with van der Waals surface area (Å²) in [5.41, 5.74) is 12.2. The third-order valence-electron chi connectivity index (χ3n) is 10.8. The van der Waals surface area contributed by atoms with Crippen LogP contribution in [0, 0.1) is 0 Å². The fraction of sp³-hybridized carbons (Fsp3) is 0. The summed E-state index contributed by atoms with van der Waals surface area (Å²) in [6.07, 6.45) is 0. The molecule has 0 aliphatic heterocycles. The van der Waals surface area contributed by atoms with Gasteiger partial charge in [0.05, 0.1) is 22.1 Å². The van der Waals surface area contributed by atoms with Gasteiger partial charge in [-0.3, -0.25) is 4.57 Å². The van der Waals surface area contributed by atoms with Gasteiger partial charge in [0.1, 0.15) is 0 Å². The molecule has 3 aromatic heterocycles. The molecule has 0 amide bonds. The topological polar surface area (TPSA) is 40.6 Å². The summed E-state index contributed by atoms with van der Waals surface area (Å²) in [4.78, 5) is 0. The lowest BCUT2D eigenvalue weighted by Gasteiger charge is -2.16. The summed E-state index contributed by atoms with van der Waals surface area (Å²) in [5, 5.41) is 14.4. The van der Waals surface area contributed by atoms with E-state index in [1.54, 1.807) is 0 Å². The van der Waals surface area contributed by atoms with Crippen LogP contribution in [-0.4, -0.2) is 23.9 Å². The lowest BCUT2D eigenvalue weighted by molar-refractivity contribution is 1.07. The van der Waals surface area contributed by atoms with E-state index in [-0.39, 0.29) is 0 Å². The van der Waals surface area contributed by atoms with Crippen LogP contribution in [0.2, 0.25) is 0 Å². The first-order valence-corrected chi connectivity index (χ1v) is 18.6. The Bertz CT molecular complexity index is 2890. The van der Waals surface area contributed by atoms with Gasteiger partial charge in [-0.1, -0.05) is 146 Å². The summed E-state index contributed by atoms with van der Waals surface area (Å²) in [6, 6.07) is 71.2. The summed E-state index contributed by atoms with van der Waals surface area (Å²) < 4.78 is 6.98. The Balaban J connectivity index is 1.14. The Hall–Kier alpha value is -7.50. The van der Waals surface area contributed by atoms with Gasteiger partial charge < -0.3 is 9.13 Å². The van der Waals surface area contributed by atoms with Crippen molar-refractivity contribution >= 4 is 43.6 Å². The number of para-hydroxylation sites is 4. The average Bonchev–Trinajstić information content (AvgIpc) is 3.95. The lowest BCUT2D eigenvalue weighted by Crippen LogP contribution is -2.01. The van der Waals surface area contributed by atoms with E-state index in [9.17, 15) is 0 Å². The Morgan fingerprint density at radius 3 is 1.02 bits per heavy atom. The molecule has 11 rings (SSSR count). The van der Waals surface area contributed by atoms with Crippen LogP contribution in [0.15, 0.2) is 200 Å². The third kappa shape index (κ3) is 5.02. The van der Waals surface area contributed by atoms with Gasteiger partial charge in [0.25, 0.3) is 0 Å². The molecule has 258 valence electrons. The first kappa shape index (κ1) is 31.1. The van der Waals surface area contributed by atoms with Crippen LogP contribution in [0.1, 0.15) is 0 Å². The number of benzene rings is 8. The zero-order valence-electron chi connectivity index (χ0n) is 29.8. The second-order valence-corrected chi connectivity index (χ2v) is 13.9. The van der Waals surface area contributed by atoms with Gasteiger partial charge in [0.15, 0.2) is 11.6 Å². The van der Waals surface area contributed by atoms with Gasteiger partial charge in [0, 0.05) is 49.7 Å². The van der Waals surface area contributed by atoms with Crippen LogP contribution in [0.25, 0.3) is 94.6 Å². The minimum Gasteiger partial charge on any atom is -0.309 e. The van der Waals surface area contributed by atoms with E-state index in [2.05, 4.69) is 177 Å². The maximum atomic E-state index is 4.71. The molecule has 0 aliphatic carbocycles. The monoisotopic (exact) mass is 703 g/mol. The number of fused-ring (bicyclic) bond motifs is 6. The molecule has 55 heavy (non-hydrogen) atoms. The van der Waals surface area contributed by atoms with Crippen LogP contribution in [-0.2, 0) is 0 Å². The van der Waals surface area contributed by atoms with Crippen molar-refractivity contribution in [2.75, 3.05) is 0 Å². The first-order chi connectivity index (χ1) is 27.3. The quantitative estimate of drug-likeness (QED) is 0.173. The Morgan fingerprint density at radius 1 is 0.255 bits per heavy atom. The minimum atomic E-state index is 0.800. The fourth-order valence-corrected chi connectivity index (χ4v) is 8.30. The highest BCUT2D eigenvalue weighted by Crippen LogP contribution is 2.38. The molecule has 0 saturated heterocycles. The standard InChI is InChI=1S/C50H33N5/c1-3-15-35(16-4-1)49-51-52-50(36-17-5-2-6-18-36)55(49)38-29-27-34(28-30-38)37-31-39(53-45-23-11-7-19-41(45)42-20-8-12-24-46(42)53)33-40(32-37)54-47-25-13-9-21-43(47)44-22-10-14-26-48(44)54/h1-33H. The van der Waals surface area contributed by atoms with E-state index in [1.165, 1.54) is 43.6 Å². The smallest absolute Gasteiger partial charge is 0.168 e. The SMILES string of the molecule is c1ccc(-c2nnc(-c3ccccc3)n2-c2ccc(-c3cc(-n4c5ccccc5c5ccccc54)cc(-n4c5ccccc5c5ccccc54)c3)cc2)cc1. The van der Waals surface area contributed by atoms with E-state index >= 15 is 0 Å². The van der Waals surface area contributed by atoms with Crippen molar-refractivity contribution in [3.63, 3.8) is 0 Å². The van der Waals surface area contributed by atoms with Gasteiger partial charge in [-0.25, -0.2) is 0 Å². The highest BCUT2D eigenvalue weighted by atomic mass is 15.3. The van der Waals surface area contributed by atoms with Crippen LogP contribution >= 0.6 is 0 Å². The van der Waals surface area contributed by atoms with Crippen molar-refractivity contribution in [2.45, 2.75) is 0 Å². The number of rotatable bonds is 6. The maximum Gasteiger partial charge on any atom is 0.168 e. The predicted molar refractivity (Wildman–Crippen MR) is 226 cm³/mol. The van der Waals surface area contributed by atoms with Crippen molar-refractivity contribution in [2.24, 2.45) is 0 Å². The second kappa shape index (κ2) is 12.6. The van der Waals surface area contributed by atoms with Crippen molar-refractivity contribution in [3.8, 4) is 51.0 Å². The summed E-state index contributed by atoms with van der Waals surface area (Å²) >= 11 is 0. The Morgan fingerprint density at radius 2 is 0.618 bits per heavy atom. The summed E-state index contributed by atoms with van der Waals surface area (Å²) in [6.45, 7) is 0. The molecule has 0 bridgehead atoms. The molecule has 8 aromatic carbocycles.